The van der Waals surface area contributed by atoms with Crippen molar-refractivity contribution in [3.05, 3.63) is 75.8 Å². The number of hydrogen-bond acceptors (Lipinski definition) is 4. The van der Waals surface area contributed by atoms with Crippen molar-refractivity contribution in [2.45, 2.75) is 26.2 Å². The summed E-state index contributed by atoms with van der Waals surface area (Å²) in [6.45, 7) is 3.88. The van der Waals surface area contributed by atoms with Crippen molar-refractivity contribution in [3.63, 3.8) is 0 Å². The van der Waals surface area contributed by atoms with E-state index in [4.69, 9.17) is 0 Å². The van der Waals surface area contributed by atoms with Crippen LogP contribution in [0.3, 0.4) is 0 Å². The van der Waals surface area contributed by atoms with Crippen molar-refractivity contribution in [1.82, 2.24) is 5.32 Å². The van der Waals surface area contributed by atoms with Gasteiger partial charge in [0.05, 0.1) is 22.4 Å². The number of aryl methyl sites for hydroxylation is 2. The van der Waals surface area contributed by atoms with Gasteiger partial charge in [0.2, 0.25) is 11.8 Å². The Labute approximate surface area is 168 Å². The molecule has 1 atom stereocenters. The van der Waals surface area contributed by atoms with E-state index < -0.39 is 0 Å². The minimum atomic E-state index is -0.288. The molecule has 2 aromatic carbocycles. The van der Waals surface area contributed by atoms with Crippen LogP contribution in [0.5, 0.6) is 0 Å². The average molecular weight is 391 g/mol. The Balaban J connectivity index is 1.76. The van der Waals surface area contributed by atoms with Crippen LogP contribution in [0, 0.1) is 25.2 Å². The molecule has 0 saturated heterocycles. The van der Waals surface area contributed by atoms with E-state index in [0.29, 0.717) is 10.6 Å². The third-order valence-electron chi connectivity index (χ3n) is 4.65. The van der Waals surface area contributed by atoms with Gasteiger partial charge in [0, 0.05) is 18.0 Å². The second kappa shape index (κ2) is 8.77. The maximum absolute atomic E-state index is 12.4. The Kier molecular flexibility index (Phi) is 6.17. The van der Waals surface area contributed by atoms with Gasteiger partial charge in [0.1, 0.15) is 0 Å². The molecule has 0 bridgehead atoms. The summed E-state index contributed by atoms with van der Waals surface area (Å²) in [7, 11) is 0. The normalized spacial score (nSPS) is 16.3. The summed E-state index contributed by atoms with van der Waals surface area (Å²) in [4.78, 5) is 24.6. The van der Waals surface area contributed by atoms with Crippen molar-refractivity contribution in [1.29, 1.82) is 5.26 Å². The number of allylic oxidation sites excluding steroid dienone is 1. The highest BCUT2D eigenvalue weighted by Gasteiger charge is 2.29. The quantitative estimate of drug-likeness (QED) is 0.807. The molecule has 1 aliphatic heterocycles. The van der Waals surface area contributed by atoms with Crippen LogP contribution in [0.25, 0.3) is 0 Å². The number of anilines is 1. The van der Waals surface area contributed by atoms with Gasteiger partial charge >= 0.3 is 0 Å². The van der Waals surface area contributed by atoms with Crippen LogP contribution in [0.15, 0.2) is 59.1 Å². The molecule has 2 aromatic rings. The van der Waals surface area contributed by atoms with Crippen LogP contribution in [0.1, 0.15) is 29.0 Å². The number of carbonyl (C=O) groups is 2. The summed E-state index contributed by atoms with van der Waals surface area (Å²) >= 11 is 1.18. The van der Waals surface area contributed by atoms with Crippen molar-refractivity contribution in [3.8, 4) is 6.07 Å². The second-order valence-corrected chi connectivity index (χ2v) is 7.66. The summed E-state index contributed by atoms with van der Waals surface area (Å²) in [5.41, 5.74) is 4.20. The first-order valence-corrected chi connectivity index (χ1v) is 9.96. The molecular weight excluding hydrogens is 370 g/mol. The Morgan fingerprint density at radius 3 is 2.50 bits per heavy atom. The molecule has 0 aliphatic carbocycles. The number of benzene rings is 2. The first kappa shape index (κ1) is 19.7. The molecule has 142 valence electrons. The van der Waals surface area contributed by atoms with Crippen LogP contribution in [-0.4, -0.2) is 17.6 Å². The summed E-state index contributed by atoms with van der Waals surface area (Å²) in [6.07, 6.45) is 0.228. The molecule has 0 aromatic heterocycles. The fraction of sp³-hybridized carbons (Fsp3) is 0.227. The predicted octanol–water partition coefficient (Wildman–Crippen LogP) is 4.01. The zero-order chi connectivity index (χ0) is 20.1. The number of nitrogens with zero attached hydrogens (tertiary/aromatic N) is 1. The lowest BCUT2D eigenvalue weighted by atomic mass is 9.87. The maximum atomic E-state index is 12.4. The summed E-state index contributed by atoms with van der Waals surface area (Å²) in [5.74, 6) is -0.506. The summed E-state index contributed by atoms with van der Waals surface area (Å²) in [6, 6.07) is 17.6. The molecule has 0 fully saturated rings. The van der Waals surface area contributed by atoms with E-state index in [9.17, 15) is 14.9 Å². The van der Waals surface area contributed by atoms with E-state index in [2.05, 4.69) is 16.7 Å². The molecule has 0 spiro atoms. The fourth-order valence-corrected chi connectivity index (χ4v) is 4.10. The van der Waals surface area contributed by atoms with Gasteiger partial charge in [-0.15, -0.1) is 0 Å². The number of amides is 2. The van der Waals surface area contributed by atoms with Crippen molar-refractivity contribution < 1.29 is 9.59 Å². The molecule has 6 heteroatoms. The van der Waals surface area contributed by atoms with Gasteiger partial charge in [-0.25, -0.2) is 0 Å². The van der Waals surface area contributed by atoms with Crippen LogP contribution in [-0.2, 0) is 9.59 Å². The lowest BCUT2D eigenvalue weighted by Gasteiger charge is -2.25. The Morgan fingerprint density at radius 2 is 1.86 bits per heavy atom. The predicted molar refractivity (Wildman–Crippen MR) is 112 cm³/mol. The Hall–Kier alpha value is -3.04. The zero-order valence-electron chi connectivity index (χ0n) is 15.8. The molecule has 0 radical (unpaired) electrons. The maximum Gasteiger partial charge on any atom is 0.234 e. The lowest BCUT2D eigenvalue weighted by Crippen LogP contribution is -2.31. The van der Waals surface area contributed by atoms with Gasteiger partial charge in [0.25, 0.3) is 0 Å². The molecule has 0 saturated carbocycles. The highest BCUT2D eigenvalue weighted by Crippen LogP contribution is 2.35. The molecule has 1 heterocycles. The van der Waals surface area contributed by atoms with E-state index in [1.54, 1.807) is 0 Å². The SMILES string of the molecule is Cc1cccc(C)c1NC(=O)CSC1=C(C#N)[C@@H](c2ccccc2)CC(=O)N1. The third kappa shape index (κ3) is 4.44. The highest BCUT2D eigenvalue weighted by atomic mass is 32.2. The molecule has 5 nitrogen and oxygen atoms in total. The van der Waals surface area contributed by atoms with E-state index in [1.807, 2.05) is 62.4 Å². The fourth-order valence-electron chi connectivity index (χ4n) is 3.23. The monoisotopic (exact) mass is 391 g/mol. The Bertz CT molecular complexity index is 957. The minimum Gasteiger partial charge on any atom is -0.325 e. The summed E-state index contributed by atoms with van der Waals surface area (Å²) < 4.78 is 0. The van der Waals surface area contributed by atoms with Gasteiger partial charge in [-0.3, -0.25) is 9.59 Å². The highest BCUT2D eigenvalue weighted by molar-refractivity contribution is 8.03. The molecule has 28 heavy (non-hydrogen) atoms. The number of nitrogens with one attached hydrogen (secondary N) is 2. The number of thioether (sulfide) groups is 1. The standard InChI is InChI=1S/C22H21N3O2S/c1-14-7-6-8-15(2)21(14)24-20(27)13-28-22-18(12-23)17(11-19(26)25-22)16-9-4-3-5-10-16/h3-10,17H,11,13H2,1-2H3,(H,24,27)(H,25,26)/t17-/m1/s1. The second-order valence-electron chi connectivity index (χ2n) is 6.67. The van der Waals surface area contributed by atoms with Crippen LogP contribution >= 0.6 is 11.8 Å². The lowest BCUT2D eigenvalue weighted by molar-refractivity contribution is -0.121. The van der Waals surface area contributed by atoms with Crippen LogP contribution in [0.2, 0.25) is 0 Å². The van der Waals surface area contributed by atoms with Gasteiger partial charge in [0.15, 0.2) is 0 Å². The largest absolute Gasteiger partial charge is 0.325 e. The van der Waals surface area contributed by atoms with Gasteiger partial charge < -0.3 is 10.6 Å². The number of para-hydroxylation sites is 1. The molecule has 2 amide bonds. The van der Waals surface area contributed by atoms with Crippen molar-refractivity contribution in [2.24, 2.45) is 0 Å². The van der Waals surface area contributed by atoms with Crippen LogP contribution < -0.4 is 10.6 Å². The smallest absolute Gasteiger partial charge is 0.234 e. The van der Waals surface area contributed by atoms with Crippen molar-refractivity contribution in [2.75, 3.05) is 11.1 Å². The number of rotatable bonds is 5. The molecular formula is C22H21N3O2S. The molecule has 0 unspecified atom stereocenters. The molecule has 1 aliphatic rings. The molecule has 3 rings (SSSR count). The van der Waals surface area contributed by atoms with Crippen molar-refractivity contribution >= 4 is 29.3 Å². The first-order valence-electron chi connectivity index (χ1n) is 8.97. The number of carbonyl (C=O) groups excluding carboxylic acids is 2. The first-order chi connectivity index (χ1) is 13.5. The summed E-state index contributed by atoms with van der Waals surface area (Å²) in [5, 5.41) is 15.8. The van der Waals surface area contributed by atoms with Gasteiger partial charge in [-0.2, -0.15) is 5.26 Å². The zero-order valence-corrected chi connectivity index (χ0v) is 16.6. The molecule has 2 N–H and O–H groups in total. The number of nitriles is 1. The van der Waals surface area contributed by atoms with E-state index in [1.165, 1.54) is 11.8 Å². The third-order valence-corrected chi connectivity index (χ3v) is 5.67. The number of hydrogen-bond donors (Lipinski definition) is 2. The van der Waals surface area contributed by atoms with Gasteiger partial charge in [-0.05, 0) is 30.5 Å². The van der Waals surface area contributed by atoms with E-state index >= 15 is 0 Å². The van der Waals surface area contributed by atoms with Gasteiger partial charge in [-0.1, -0.05) is 60.3 Å². The van der Waals surface area contributed by atoms with E-state index in [-0.39, 0.29) is 29.9 Å². The van der Waals surface area contributed by atoms with Crippen LogP contribution in [0.4, 0.5) is 5.69 Å². The average Bonchev–Trinajstić information content (AvgIpc) is 2.69. The topological polar surface area (TPSA) is 82.0 Å². The van der Waals surface area contributed by atoms with E-state index in [0.717, 1.165) is 22.4 Å². The Morgan fingerprint density at radius 1 is 1.18 bits per heavy atom. The minimum absolute atomic E-state index is 0.107.